The molecule has 0 radical (unpaired) electrons. The number of benzene rings is 1. The molecule has 1 atom stereocenters. The highest BCUT2D eigenvalue weighted by molar-refractivity contribution is 5.81. The molecule has 0 saturated carbocycles. The van der Waals surface area contributed by atoms with Crippen molar-refractivity contribution in [1.82, 2.24) is 20.2 Å². The van der Waals surface area contributed by atoms with E-state index in [2.05, 4.69) is 20.6 Å². The van der Waals surface area contributed by atoms with Crippen molar-refractivity contribution in [2.24, 2.45) is 16.5 Å². The fourth-order valence-corrected chi connectivity index (χ4v) is 2.45. The Morgan fingerprint density at radius 1 is 1.25 bits per heavy atom. The summed E-state index contributed by atoms with van der Waals surface area (Å²) in [6, 6.07) is 7.09. The molecule has 2 rings (SSSR count). The third-order valence-corrected chi connectivity index (χ3v) is 4.04. The number of carboxylic acid groups (broad SMARTS) is 1. The Morgan fingerprint density at radius 2 is 1.94 bits per heavy atom. The van der Waals surface area contributed by atoms with E-state index in [0.717, 1.165) is 0 Å². The molecular formula is C18H22N7O7-. The number of aliphatic carboxylic acids is 1. The van der Waals surface area contributed by atoms with Gasteiger partial charge in [0, 0.05) is 6.54 Å². The lowest BCUT2D eigenvalue weighted by Crippen LogP contribution is -2.54. The lowest BCUT2D eigenvalue weighted by Gasteiger charge is -2.20. The summed E-state index contributed by atoms with van der Waals surface area (Å²) in [5.41, 5.74) is 10.2. The second kappa shape index (κ2) is 11.1. The Hall–Kier alpha value is -4.49. The summed E-state index contributed by atoms with van der Waals surface area (Å²) in [5.74, 6) is -3.31. The fourth-order valence-electron chi connectivity index (χ4n) is 2.45. The summed E-state index contributed by atoms with van der Waals surface area (Å²) >= 11 is 0. The summed E-state index contributed by atoms with van der Waals surface area (Å²) in [4.78, 5) is 53.0. The maximum absolute atomic E-state index is 12.1. The van der Waals surface area contributed by atoms with Crippen molar-refractivity contribution in [3.63, 3.8) is 0 Å². The van der Waals surface area contributed by atoms with Crippen LogP contribution in [-0.2, 0) is 34.0 Å². The van der Waals surface area contributed by atoms with Crippen LogP contribution in [0.3, 0.4) is 0 Å². The van der Waals surface area contributed by atoms with Crippen LogP contribution in [0.1, 0.15) is 11.3 Å². The predicted octanol–water partition coefficient (Wildman–Crippen LogP) is -3.18. The van der Waals surface area contributed by atoms with E-state index in [0.29, 0.717) is 10.1 Å². The molecule has 0 aliphatic rings. The smallest absolute Gasteiger partial charge is 0.408 e. The number of hydrogen-bond donors (Lipinski definition) is 6. The average molecular weight is 448 g/mol. The Balaban J connectivity index is 1.89. The van der Waals surface area contributed by atoms with Gasteiger partial charge in [-0.2, -0.15) is 0 Å². The minimum absolute atomic E-state index is 0.0216. The van der Waals surface area contributed by atoms with E-state index < -0.39 is 48.7 Å². The first-order valence-corrected chi connectivity index (χ1v) is 9.18. The zero-order valence-corrected chi connectivity index (χ0v) is 16.7. The molecule has 2 amide bonds. The first-order chi connectivity index (χ1) is 15.2. The van der Waals surface area contributed by atoms with Gasteiger partial charge in [0.05, 0.1) is 18.6 Å². The monoisotopic (exact) mass is 448 g/mol. The standard InChI is InChI=1S/C18H23N7O7/c19-16(20)22-6-11-14(27)25(17(30)23-11)8-13(26)21-7-12(15(28)29)24-18(31)32-9-10-4-2-1-3-5-10/h1-5,12,27H,6-9H2,(H,21,26)(H,23,30)(H,24,31)(H,28,29)(H4,19,20,22)/p-1. The van der Waals surface area contributed by atoms with Crippen LogP contribution in [-0.4, -0.2) is 51.2 Å². The molecule has 1 aromatic carbocycles. The van der Waals surface area contributed by atoms with Crippen LogP contribution in [0.2, 0.25) is 0 Å². The van der Waals surface area contributed by atoms with E-state index in [1.165, 1.54) is 0 Å². The molecule has 0 saturated heterocycles. The van der Waals surface area contributed by atoms with Gasteiger partial charge in [0.15, 0.2) is 5.96 Å². The molecule has 172 valence electrons. The SMILES string of the molecule is NC(N)=NCc1[nH]c(=O)n(CC(=O)NCC(NC(=O)OCc2ccccc2)C(=O)[O-])c1O. The Labute approximate surface area is 180 Å². The number of nitrogens with zero attached hydrogens (tertiary/aromatic N) is 2. The minimum Gasteiger partial charge on any atom is -0.548 e. The summed E-state index contributed by atoms with van der Waals surface area (Å²) < 4.78 is 5.62. The van der Waals surface area contributed by atoms with E-state index in [1.54, 1.807) is 30.3 Å². The number of alkyl carbamates (subject to hydrolysis) is 1. The van der Waals surface area contributed by atoms with Crippen molar-refractivity contribution in [3.05, 3.63) is 52.1 Å². The molecule has 1 heterocycles. The quantitative estimate of drug-likeness (QED) is 0.159. The van der Waals surface area contributed by atoms with Gasteiger partial charge in [-0.1, -0.05) is 30.3 Å². The van der Waals surface area contributed by atoms with Gasteiger partial charge in [-0.25, -0.2) is 14.6 Å². The zero-order chi connectivity index (χ0) is 23.7. The third kappa shape index (κ3) is 7.08. The number of carbonyl (C=O) groups excluding carboxylic acids is 3. The fraction of sp³-hybridized carbons (Fsp3) is 0.278. The number of carbonyl (C=O) groups is 3. The number of ether oxygens (including phenoxy) is 1. The van der Waals surface area contributed by atoms with Gasteiger partial charge in [-0.15, -0.1) is 0 Å². The van der Waals surface area contributed by atoms with E-state index in [-0.39, 0.29) is 24.8 Å². The lowest BCUT2D eigenvalue weighted by atomic mass is 10.2. The molecule has 14 nitrogen and oxygen atoms in total. The van der Waals surface area contributed by atoms with Crippen LogP contribution < -0.4 is 32.9 Å². The maximum atomic E-state index is 12.1. The largest absolute Gasteiger partial charge is 0.548 e. The molecule has 32 heavy (non-hydrogen) atoms. The van der Waals surface area contributed by atoms with Crippen molar-refractivity contribution in [2.75, 3.05) is 6.54 Å². The maximum Gasteiger partial charge on any atom is 0.408 e. The molecule has 0 aliphatic carbocycles. The molecule has 2 aromatic rings. The number of imidazole rings is 1. The number of nitrogens with two attached hydrogens (primary N) is 2. The number of aromatic hydroxyl groups is 1. The van der Waals surface area contributed by atoms with Crippen molar-refractivity contribution < 1.29 is 29.3 Å². The number of rotatable bonds is 10. The first-order valence-electron chi connectivity index (χ1n) is 9.18. The average Bonchev–Trinajstić information content (AvgIpc) is 3.01. The molecule has 8 N–H and O–H groups in total. The van der Waals surface area contributed by atoms with Gasteiger partial charge in [-0.3, -0.25) is 9.36 Å². The molecule has 0 bridgehead atoms. The van der Waals surface area contributed by atoms with Gasteiger partial charge < -0.3 is 46.8 Å². The normalized spacial score (nSPS) is 11.2. The number of aromatic amines is 1. The van der Waals surface area contributed by atoms with E-state index >= 15 is 0 Å². The number of carboxylic acids is 1. The molecule has 0 fully saturated rings. The second-order valence-electron chi connectivity index (χ2n) is 6.44. The van der Waals surface area contributed by atoms with Crippen molar-refractivity contribution in [2.45, 2.75) is 25.7 Å². The van der Waals surface area contributed by atoms with Gasteiger partial charge in [0.25, 0.3) is 0 Å². The Bertz CT molecular complexity index is 1040. The number of amides is 2. The lowest BCUT2D eigenvalue weighted by molar-refractivity contribution is -0.308. The van der Waals surface area contributed by atoms with Crippen molar-refractivity contribution in [1.29, 1.82) is 0 Å². The van der Waals surface area contributed by atoms with Gasteiger partial charge in [0.2, 0.25) is 11.8 Å². The molecule has 14 heteroatoms. The van der Waals surface area contributed by atoms with Crippen molar-refractivity contribution >= 4 is 23.9 Å². The summed E-state index contributed by atoms with van der Waals surface area (Å²) in [6.07, 6.45) is -1.03. The molecule has 0 spiro atoms. The number of H-pyrrole nitrogens is 1. The molecule has 1 unspecified atom stereocenters. The summed E-state index contributed by atoms with van der Waals surface area (Å²) in [7, 11) is 0. The minimum atomic E-state index is -1.66. The summed E-state index contributed by atoms with van der Waals surface area (Å²) in [5, 5.41) is 25.6. The highest BCUT2D eigenvalue weighted by atomic mass is 16.5. The van der Waals surface area contributed by atoms with Crippen molar-refractivity contribution in [3.8, 4) is 5.88 Å². The summed E-state index contributed by atoms with van der Waals surface area (Å²) in [6.45, 7) is -1.50. The number of nitrogens with one attached hydrogen (secondary N) is 3. The van der Waals surface area contributed by atoms with Gasteiger partial charge in [0.1, 0.15) is 18.8 Å². The van der Waals surface area contributed by atoms with Crippen LogP contribution in [0.5, 0.6) is 5.88 Å². The molecular weight excluding hydrogens is 426 g/mol. The number of hydrogen-bond acceptors (Lipinski definition) is 8. The Kier molecular flexibility index (Phi) is 8.21. The highest BCUT2D eigenvalue weighted by Crippen LogP contribution is 2.13. The van der Waals surface area contributed by atoms with Crippen LogP contribution in [0.25, 0.3) is 0 Å². The van der Waals surface area contributed by atoms with Crippen LogP contribution in [0.4, 0.5) is 4.79 Å². The molecule has 0 aliphatic heterocycles. The second-order valence-corrected chi connectivity index (χ2v) is 6.44. The predicted molar refractivity (Wildman–Crippen MR) is 108 cm³/mol. The number of aromatic nitrogens is 2. The van der Waals surface area contributed by atoms with E-state index in [9.17, 15) is 29.4 Å². The Morgan fingerprint density at radius 3 is 2.56 bits per heavy atom. The van der Waals surface area contributed by atoms with E-state index in [1.807, 2.05) is 0 Å². The van der Waals surface area contributed by atoms with Crippen LogP contribution in [0.15, 0.2) is 40.1 Å². The molecule has 1 aromatic heterocycles. The zero-order valence-electron chi connectivity index (χ0n) is 16.7. The number of guanidine groups is 1. The topological polar surface area (TPSA) is 230 Å². The van der Waals surface area contributed by atoms with E-state index in [4.69, 9.17) is 16.2 Å². The van der Waals surface area contributed by atoms with Crippen LogP contribution >= 0.6 is 0 Å². The van der Waals surface area contributed by atoms with Gasteiger partial charge in [-0.05, 0) is 5.56 Å². The number of aliphatic imine (C=N–C) groups is 1. The third-order valence-electron chi connectivity index (χ3n) is 4.04. The first kappa shape index (κ1) is 23.8. The highest BCUT2D eigenvalue weighted by Gasteiger charge is 2.18. The van der Waals surface area contributed by atoms with Gasteiger partial charge >= 0.3 is 11.8 Å². The van der Waals surface area contributed by atoms with Crippen LogP contribution in [0, 0.1) is 0 Å².